The summed E-state index contributed by atoms with van der Waals surface area (Å²) in [6, 6.07) is 4.89. The Labute approximate surface area is 119 Å². The number of aromatic nitrogens is 1. The molecule has 0 radical (unpaired) electrons. The predicted molar refractivity (Wildman–Crippen MR) is 81.0 cm³/mol. The fraction of sp³-hybridized carbons (Fsp3) is 0.438. The van der Waals surface area contributed by atoms with Crippen LogP contribution >= 0.6 is 0 Å². The number of ether oxygens (including phenoxy) is 1. The van der Waals surface area contributed by atoms with Gasteiger partial charge in [0.1, 0.15) is 17.1 Å². The molecule has 2 aromatic rings. The Morgan fingerprint density at radius 1 is 1.30 bits per heavy atom. The van der Waals surface area contributed by atoms with Crippen molar-refractivity contribution in [1.82, 2.24) is 4.98 Å². The lowest BCUT2D eigenvalue weighted by Crippen LogP contribution is -2.04. The highest BCUT2D eigenvalue weighted by molar-refractivity contribution is 5.95. The molecule has 0 aliphatic carbocycles. The number of halogens is 1. The van der Waals surface area contributed by atoms with Crippen LogP contribution in [-0.2, 0) is 6.42 Å². The number of pyridine rings is 1. The van der Waals surface area contributed by atoms with E-state index in [0.29, 0.717) is 17.2 Å². The molecule has 4 heteroatoms. The number of rotatable bonds is 5. The summed E-state index contributed by atoms with van der Waals surface area (Å²) in [5.41, 5.74) is 2.61. The SMILES string of the molecule is CCNc1cc(CC(C)C)nc2c(OC)cc(F)cc12. The fourth-order valence-corrected chi connectivity index (χ4v) is 2.33. The fourth-order valence-electron chi connectivity index (χ4n) is 2.33. The molecular weight excluding hydrogens is 255 g/mol. The first kappa shape index (κ1) is 14.6. The van der Waals surface area contributed by atoms with Gasteiger partial charge in [0, 0.05) is 29.4 Å². The second kappa shape index (κ2) is 6.07. The van der Waals surface area contributed by atoms with Gasteiger partial charge in [-0.1, -0.05) is 13.8 Å². The third-order valence-corrected chi connectivity index (χ3v) is 3.10. The summed E-state index contributed by atoms with van der Waals surface area (Å²) < 4.78 is 19.0. The zero-order chi connectivity index (χ0) is 14.7. The molecule has 108 valence electrons. The lowest BCUT2D eigenvalue weighted by molar-refractivity contribution is 0.415. The van der Waals surface area contributed by atoms with Crippen molar-refractivity contribution in [3.8, 4) is 5.75 Å². The average molecular weight is 276 g/mol. The molecule has 0 saturated carbocycles. The molecule has 0 saturated heterocycles. The van der Waals surface area contributed by atoms with Gasteiger partial charge >= 0.3 is 0 Å². The minimum Gasteiger partial charge on any atom is -0.494 e. The Balaban J connectivity index is 2.67. The lowest BCUT2D eigenvalue weighted by Gasteiger charge is -2.14. The monoisotopic (exact) mass is 276 g/mol. The number of hydrogen-bond donors (Lipinski definition) is 1. The molecule has 0 spiro atoms. The first-order valence-corrected chi connectivity index (χ1v) is 6.96. The third-order valence-electron chi connectivity index (χ3n) is 3.10. The molecule has 0 unspecified atom stereocenters. The summed E-state index contributed by atoms with van der Waals surface area (Å²) in [7, 11) is 1.54. The second-order valence-corrected chi connectivity index (χ2v) is 5.29. The predicted octanol–water partition coefficient (Wildman–Crippen LogP) is 4.01. The Hall–Kier alpha value is -1.84. The molecule has 2 rings (SSSR count). The van der Waals surface area contributed by atoms with Gasteiger partial charge in [0.2, 0.25) is 0 Å². The molecular formula is C16H21FN2O. The molecule has 0 atom stereocenters. The third kappa shape index (κ3) is 3.00. The quantitative estimate of drug-likeness (QED) is 0.895. The number of fused-ring (bicyclic) bond motifs is 1. The molecule has 1 heterocycles. The first-order valence-electron chi connectivity index (χ1n) is 6.96. The van der Waals surface area contributed by atoms with Gasteiger partial charge in [-0.25, -0.2) is 9.37 Å². The highest BCUT2D eigenvalue weighted by Gasteiger charge is 2.12. The molecule has 0 aliphatic heterocycles. The van der Waals surface area contributed by atoms with Crippen molar-refractivity contribution in [2.24, 2.45) is 5.92 Å². The van der Waals surface area contributed by atoms with E-state index < -0.39 is 0 Å². The Kier molecular flexibility index (Phi) is 4.42. The van der Waals surface area contributed by atoms with E-state index in [9.17, 15) is 4.39 Å². The van der Waals surface area contributed by atoms with E-state index in [0.717, 1.165) is 29.7 Å². The van der Waals surface area contributed by atoms with E-state index in [2.05, 4.69) is 24.1 Å². The van der Waals surface area contributed by atoms with Gasteiger partial charge in [-0.05, 0) is 31.4 Å². The maximum atomic E-state index is 13.7. The van der Waals surface area contributed by atoms with Crippen LogP contribution in [0.2, 0.25) is 0 Å². The van der Waals surface area contributed by atoms with Crippen molar-refractivity contribution in [3.05, 3.63) is 29.7 Å². The van der Waals surface area contributed by atoms with E-state index >= 15 is 0 Å². The first-order chi connectivity index (χ1) is 9.55. The zero-order valence-electron chi connectivity index (χ0n) is 12.5. The van der Waals surface area contributed by atoms with Gasteiger partial charge in [0.15, 0.2) is 0 Å². The minimum absolute atomic E-state index is 0.313. The zero-order valence-corrected chi connectivity index (χ0v) is 12.5. The number of hydrogen-bond acceptors (Lipinski definition) is 3. The molecule has 3 nitrogen and oxygen atoms in total. The van der Waals surface area contributed by atoms with Gasteiger partial charge in [-0.15, -0.1) is 0 Å². The summed E-state index contributed by atoms with van der Waals surface area (Å²) in [5.74, 6) is 0.678. The molecule has 0 fully saturated rings. The number of methoxy groups -OCH3 is 1. The van der Waals surface area contributed by atoms with Crippen LogP contribution in [0.4, 0.5) is 10.1 Å². The Morgan fingerprint density at radius 2 is 2.05 bits per heavy atom. The van der Waals surface area contributed by atoms with Crippen LogP contribution in [0.3, 0.4) is 0 Å². The largest absolute Gasteiger partial charge is 0.494 e. The topological polar surface area (TPSA) is 34.2 Å². The van der Waals surface area contributed by atoms with Crippen LogP contribution in [0.5, 0.6) is 5.75 Å². The summed E-state index contributed by atoms with van der Waals surface area (Å²) in [6.07, 6.45) is 0.884. The normalized spacial score (nSPS) is 11.1. The molecule has 20 heavy (non-hydrogen) atoms. The van der Waals surface area contributed by atoms with Gasteiger partial charge in [0.05, 0.1) is 7.11 Å². The Bertz CT molecular complexity index is 611. The van der Waals surface area contributed by atoms with Crippen LogP contribution in [0.25, 0.3) is 10.9 Å². The number of nitrogens with one attached hydrogen (secondary N) is 1. The van der Waals surface area contributed by atoms with Crippen molar-refractivity contribution >= 4 is 16.6 Å². The standard InChI is InChI=1S/C16H21FN2O/c1-5-18-14-9-12(6-10(2)3)19-16-13(14)7-11(17)8-15(16)20-4/h7-10H,5-6H2,1-4H3,(H,18,19). The van der Waals surface area contributed by atoms with Crippen molar-refractivity contribution in [2.45, 2.75) is 27.2 Å². The van der Waals surface area contributed by atoms with E-state index in [4.69, 9.17) is 4.74 Å². The summed E-state index contributed by atoms with van der Waals surface area (Å²) in [5, 5.41) is 4.04. The Morgan fingerprint density at radius 3 is 2.65 bits per heavy atom. The van der Waals surface area contributed by atoms with Crippen LogP contribution in [0.1, 0.15) is 26.5 Å². The second-order valence-electron chi connectivity index (χ2n) is 5.29. The van der Waals surface area contributed by atoms with Crippen molar-refractivity contribution < 1.29 is 9.13 Å². The molecule has 1 aromatic heterocycles. The highest BCUT2D eigenvalue weighted by Crippen LogP contribution is 2.31. The molecule has 1 N–H and O–H groups in total. The summed E-state index contributed by atoms with van der Waals surface area (Å²) >= 11 is 0. The van der Waals surface area contributed by atoms with Crippen molar-refractivity contribution in [2.75, 3.05) is 19.0 Å². The van der Waals surface area contributed by atoms with Gasteiger partial charge in [-0.3, -0.25) is 0 Å². The minimum atomic E-state index is -0.313. The van der Waals surface area contributed by atoms with E-state index in [1.165, 1.54) is 19.2 Å². The van der Waals surface area contributed by atoms with E-state index in [1.807, 2.05) is 13.0 Å². The number of benzene rings is 1. The van der Waals surface area contributed by atoms with Crippen LogP contribution in [-0.4, -0.2) is 18.6 Å². The molecule has 0 amide bonds. The molecule has 0 aliphatic rings. The van der Waals surface area contributed by atoms with Crippen molar-refractivity contribution in [3.63, 3.8) is 0 Å². The van der Waals surface area contributed by atoms with Crippen LogP contribution in [0.15, 0.2) is 18.2 Å². The summed E-state index contributed by atoms with van der Waals surface area (Å²) in [6.45, 7) is 7.10. The highest BCUT2D eigenvalue weighted by atomic mass is 19.1. The average Bonchev–Trinajstić information content (AvgIpc) is 2.38. The smallest absolute Gasteiger partial charge is 0.148 e. The maximum absolute atomic E-state index is 13.7. The van der Waals surface area contributed by atoms with Gasteiger partial charge in [-0.2, -0.15) is 0 Å². The van der Waals surface area contributed by atoms with E-state index in [-0.39, 0.29) is 5.82 Å². The van der Waals surface area contributed by atoms with Crippen molar-refractivity contribution in [1.29, 1.82) is 0 Å². The lowest BCUT2D eigenvalue weighted by atomic mass is 10.0. The van der Waals surface area contributed by atoms with Gasteiger partial charge in [0.25, 0.3) is 0 Å². The number of anilines is 1. The van der Waals surface area contributed by atoms with Crippen LogP contribution < -0.4 is 10.1 Å². The van der Waals surface area contributed by atoms with Gasteiger partial charge < -0.3 is 10.1 Å². The number of nitrogens with zero attached hydrogens (tertiary/aromatic N) is 1. The maximum Gasteiger partial charge on any atom is 0.148 e. The molecule has 0 bridgehead atoms. The van der Waals surface area contributed by atoms with Crippen LogP contribution in [0, 0.1) is 11.7 Å². The van der Waals surface area contributed by atoms with E-state index in [1.54, 1.807) is 0 Å². The molecule has 1 aromatic carbocycles. The summed E-state index contributed by atoms with van der Waals surface area (Å²) in [4.78, 5) is 4.64.